The van der Waals surface area contributed by atoms with Crippen LogP contribution in [0.3, 0.4) is 0 Å². The Labute approximate surface area is 122 Å². The molecule has 1 aliphatic rings. The molecule has 0 radical (unpaired) electrons. The second-order valence-electron chi connectivity index (χ2n) is 4.71. The van der Waals surface area contributed by atoms with Gasteiger partial charge in [-0.1, -0.05) is 35.2 Å². The third-order valence-electron chi connectivity index (χ3n) is 3.42. The second kappa shape index (κ2) is 8.40. The molecule has 0 saturated heterocycles. The highest BCUT2D eigenvalue weighted by Crippen LogP contribution is 2.32. The van der Waals surface area contributed by atoms with Crippen molar-refractivity contribution in [1.29, 1.82) is 0 Å². The molecule has 0 aromatic carbocycles. The number of hydrogen-bond acceptors (Lipinski definition) is 4. The third kappa shape index (κ3) is 5.01. The third-order valence-corrected chi connectivity index (χ3v) is 4.70. The number of alkyl carbamates (subject to hydrolysis) is 1. The van der Waals surface area contributed by atoms with Gasteiger partial charge >= 0.3 is 12.1 Å². The fourth-order valence-corrected chi connectivity index (χ4v) is 3.30. The number of esters is 1. The van der Waals surface area contributed by atoms with Gasteiger partial charge in [0.1, 0.15) is 6.04 Å². The molecule has 19 heavy (non-hydrogen) atoms. The minimum Gasteiger partial charge on any atom is -0.467 e. The number of ether oxygens (including phenoxy) is 2. The van der Waals surface area contributed by atoms with Crippen molar-refractivity contribution in [2.45, 2.75) is 49.9 Å². The van der Waals surface area contributed by atoms with Crippen LogP contribution in [0.4, 0.5) is 4.79 Å². The maximum absolute atomic E-state index is 11.8. The number of rotatable bonds is 5. The van der Waals surface area contributed by atoms with Gasteiger partial charge in [0, 0.05) is 4.83 Å². The van der Waals surface area contributed by atoms with Crippen LogP contribution in [-0.2, 0) is 14.3 Å². The normalized spacial score (nSPS) is 19.3. The standard InChI is InChI=1S/C13H22BrNO4/c1-3-19-13(17)15-11(12(16)18-2)10(14)9-7-5-4-6-8-9/h9-11H,3-8H2,1-2H3,(H,15,17)/t10-,11-/m0/s1. The Balaban J connectivity index is 2.66. The van der Waals surface area contributed by atoms with Crippen LogP contribution in [0.2, 0.25) is 0 Å². The first kappa shape index (κ1) is 16.3. The van der Waals surface area contributed by atoms with Crippen LogP contribution in [0.5, 0.6) is 0 Å². The number of amides is 1. The summed E-state index contributed by atoms with van der Waals surface area (Å²) in [5.41, 5.74) is 0. The van der Waals surface area contributed by atoms with Gasteiger partial charge in [-0.3, -0.25) is 0 Å². The molecule has 1 fully saturated rings. The minimum atomic E-state index is -0.702. The fraction of sp³-hybridized carbons (Fsp3) is 0.846. The summed E-state index contributed by atoms with van der Waals surface area (Å²) in [6.45, 7) is 2.00. The van der Waals surface area contributed by atoms with Crippen molar-refractivity contribution in [2.24, 2.45) is 5.92 Å². The molecule has 0 unspecified atom stereocenters. The molecule has 1 rings (SSSR count). The predicted octanol–water partition coefficient (Wildman–Crippen LogP) is 2.62. The molecule has 0 spiro atoms. The Morgan fingerprint density at radius 2 is 1.95 bits per heavy atom. The van der Waals surface area contributed by atoms with E-state index in [1.54, 1.807) is 6.92 Å². The predicted molar refractivity (Wildman–Crippen MR) is 75.3 cm³/mol. The van der Waals surface area contributed by atoms with Gasteiger partial charge in [0.2, 0.25) is 0 Å². The van der Waals surface area contributed by atoms with E-state index in [0.717, 1.165) is 12.8 Å². The van der Waals surface area contributed by atoms with Gasteiger partial charge in [-0.05, 0) is 25.7 Å². The van der Waals surface area contributed by atoms with Gasteiger partial charge in [-0.25, -0.2) is 9.59 Å². The van der Waals surface area contributed by atoms with E-state index in [0.29, 0.717) is 5.92 Å². The molecule has 110 valence electrons. The molecule has 0 heterocycles. The molecule has 0 bridgehead atoms. The lowest BCUT2D eigenvalue weighted by Gasteiger charge is -2.30. The van der Waals surface area contributed by atoms with E-state index in [4.69, 9.17) is 9.47 Å². The molecule has 2 atom stereocenters. The SMILES string of the molecule is CCOC(=O)N[C@H](C(=O)OC)[C@@H](Br)C1CCCCC1. The zero-order valence-electron chi connectivity index (χ0n) is 11.5. The maximum atomic E-state index is 11.8. The quantitative estimate of drug-likeness (QED) is 0.619. The highest BCUT2D eigenvalue weighted by atomic mass is 79.9. The topological polar surface area (TPSA) is 64.6 Å². The van der Waals surface area contributed by atoms with Crippen LogP contribution in [0.25, 0.3) is 0 Å². The van der Waals surface area contributed by atoms with E-state index >= 15 is 0 Å². The van der Waals surface area contributed by atoms with Gasteiger partial charge in [-0.2, -0.15) is 0 Å². The number of halogens is 1. The van der Waals surface area contributed by atoms with Crippen molar-refractivity contribution in [3.63, 3.8) is 0 Å². The largest absolute Gasteiger partial charge is 0.467 e. The minimum absolute atomic E-state index is 0.121. The lowest BCUT2D eigenvalue weighted by molar-refractivity contribution is -0.143. The van der Waals surface area contributed by atoms with Crippen LogP contribution in [0.1, 0.15) is 39.0 Å². The van der Waals surface area contributed by atoms with E-state index < -0.39 is 18.1 Å². The first-order chi connectivity index (χ1) is 9.10. The summed E-state index contributed by atoms with van der Waals surface area (Å²) in [6, 6.07) is -0.702. The molecular formula is C13H22BrNO4. The van der Waals surface area contributed by atoms with Crippen LogP contribution < -0.4 is 5.32 Å². The van der Waals surface area contributed by atoms with E-state index in [-0.39, 0.29) is 11.4 Å². The summed E-state index contributed by atoms with van der Waals surface area (Å²) in [6.07, 6.45) is 5.12. The summed E-state index contributed by atoms with van der Waals surface area (Å²) >= 11 is 3.56. The van der Waals surface area contributed by atoms with Crippen molar-refractivity contribution < 1.29 is 19.1 Å². The molecule has 1 aliphatic carbocycles. The van der Waals surface area contributed by atoms with E-state index in [9.17, 15) is 9.59 Å². The molecule has 1 amide bonds. The summed E-state index contributed by atoms with van der Waals surface area (Å²) in [7, 11) is 1.32. The number of carbonyl (C=O) groups is 2. The zero-order valence-corrected chi connectivity index (χ0v) is 13.1. The molecule has 1 saturated carbocycles. The lowest BCUT2D eigenvalue weighted by Crippen LogP contribution is -2.50. The molecular weight excluding hydrogens is 314 g/mol. The monoisotopic (exact) mass is 335 g/mol. The number of hydrogen-bond donors (Lipinski definition) is 1. The highest BCUT2D eigenvalue weighted by Gasteiger charge is 2.35. The molecule has 6 heteroatoms. The summed E-state index contributed by atoms with van der Waals surface area (Å²) in [5.74, 6) is -0.0692. The molecule has 0 aromatic heterocycles. The van der Waals surface area contributed by atoms with Crippen LogP contribution in [0.15, 0.2) is 0 Å². The van der Waals surface area contributed by atoms with E-state index in [2.05, 4.69) is 21.2 Å². The Morgan fingerprint density at radius 1 is 1.32 bits per heavy atom. The van der Waals surface area contributed by atoms with Gasteiger partial charge < -0.3 is 14.8 Å². The summed E-state index contributed by atoms with van der Waals surface area (Å²) < 4.78 is 9.59. The first-order valence-corrected chi connectivity index (χ1v) is 7.66. The second-order valence-corrected chi connectivity index (χ2v) is 5.77. The number of alkyl halides is 1. The van der Waals surface area contributed by atoms with Gasteiger partial charge in [0.25, 0.3) is 0 Å². The smallest absolute Gasteiger partial charge is 0.407 e. The van der Waals surface area contributed by atoms with E-state index in [1.165, 1.54) is 26.4 Å². The average Bonchev–Trinajstić information content (AvgIpc) is 2.44. The van der Waals surface area contributed by atoms with Crippen molar-refractivity contribution in [1.82, 2.24) is 5.32 Å². The van der Waals surface area contributed by atoms with Gasteiger partial charge in [0.15, 0.2) is 0 Å². The van der Waals surface area contributed by atoms with Crippen LogP contribution >= 0.6 is 15.9 Å². The number of nitrogens with one attached hydrogen (secondary N) is 1. The fourth-order valence-electron chi connectivity index (χ4n) is 2.42. The van der Waals surface area contributed by atoms with Gasteiger partial charge in [0.05, 0.1) is 13.7 Å². The highest BCUT2D eigenvalue weighted by molar-refractivity contribution is 9.09. The van der Waals surface area contributed by atoms with Crippen molar-refractivity contribution in [3.05, 3.63) is 0 Å². The number of carbonyl (C=O) groups excluding carboxylic acids is 2. The first-order valence-electron chi connectivity index (χ1n) is 6.75. The van der Waals surface area contributed by atoms with E-state index in [1.807, 2.05) is 0 Å². The zero-order chi connectivity index (χ0) is 14.3. The Hall–Kier alpha value is -0.780. The summed E-state index contributed by atoms with van der Waals surface area (Å²) in [4.78, 5) is 23.2. The maximum Gasteiger partial charge on any atom is 0.407 e. The Morgan fingerprint density at radius 3 is 2.47 bits per heavy atom. The molecule has 0 aromatic rings. The van der Waals surface area contributed by atoms with Crippen molar-refractivity contribution >= 4 is 28.0 Å². The number of methoxy groups -OCH3 is 1. The van der Waals surface area contributed by atoms with Crippen molar-refractivity contribution in [3.8, 4) is 0 Å². The van der Waals surface area contributed by atoms with Crippen LogP contribution in [0, 0.1) is 5.92 Å². The summed E-state index contributed by atoms with van der Waals surface area (Å²) in [5, 5.41) is 2.58. The van der Waals surface area contributed by atoms with Crippen molar-refractivity contribution in [2.75, 3.05) is 13.7 Å². The van der Waals surface area contributed by atoms with Crippen LogP contribution in [-0.4, -0.2) is 36.6 Å². The molecule has 1 N–H and O–H groups in total. The lowest BCUT2D eigenvalue weighted by atomic mass is 9.84. The molecule has 5 nitrogen and oxygen atoms in total. The molecule has 0 aliphatic heterocycles. The Kier molecular flexibility index (Phi) is 7.20. The average molecular weight is 336 g/mol. The van der Waals surface area contributed by atoms with Gasteiger partial charge in [-0.15, -0.1) is 0 Å². The Bertz CT molecular complexity index is 305.